The van der Waals surface area contributed by atoms with Crippen LogP contribution in [0.15, 0.2) is 102 Å². The van der Waals surface area contributed by atoms with Gasteiger partial charge in [-0.3, -0.25) is 14.3 Å². The zero-order chi connectivity index (χ0) is 28.5. The third-order valence-electron chi connectivity index (χ3n) is 6.02. The van der Waals surface area contributed by atoms with Gasteiger partial charge in [-0.1, -0.05) is 36.4 Å². The van der Waals surface area contributed by atoms with Crippen LogP contribution in [0.25, 0.3) is 0 Å². The van der Waals surface area contributed by atoms with Gasteiger partial charge in [0.2, 0.25) is 0 Å². The third-order valence-corrected chi connectivity index (χ3v) is 7.42. The van der Waals surface area contributed by atoms with Crippen LogP contribution in [0.5, 0.6) is 11.5 Å². The molecule has 0 aromatic heterocycles. The molecule has 40 heavy (non-hydrogen) atoms. The minimum atomic E-state index is -3.75. The summed E-state index contributed by atoms with van der Waals surface area (Å²) in [5, 5.41) is 5.65. The molecule has 0 saturated heterocycles. The van der Waals surface area contributed by atoms with E-state index in [1.807, 2.05) is 18.2 Å². The molecule has 0 unspecified atom stereocenters. The maximum Gasteiger partial charge on any atom is 0.261 e. The zero-order valence-electron chi connectivity index (χ0n) is 22.0. The van der Waals surface area contributed by atoms with Crippen LogP contribution >= 0.6 is 0 Å². The maximum absolute atomic E-state index is 12.9. The first-order valence-electron chi connectivity index (χ1n) is 12.4. The van der Waals surface area contributed by atoms with Gasteiger partial charge in [0, 0.05) is 17.8 Å². The number of anilines is 2. The Kier molecular flexibility index (Phi) is 9.03. The Bertz CT molecular complexity index is 1590. The van der Waals surface area contributed by atoms with Crippen molar-refractivity contribution < 1.29 is 27.5 Å². The second-order valence-corrected chi connectivity index (χ2v) is 10.4. The van der Waals surface area contributed by atoms with Crippen LogP contribution in [0.2, 0.25) is 0 Å². The molecule has 10 heteroatoms. The molecule has 4 aromatic rings. The van der Waals surface area contributed by atoms with E-state index in [-0.39, 0.29) is 10.8 Å². The van der Waals surface area contributed by atoms with Gasteiger partial charge in [0.25, 0.3) is 21.8 Å². The summed E-state index contributed by atoms with van der Waals surface area (Å²) in [7, 11) is -0.614. The summed E-state index contributed by atoms with van der Waals surface area (Å²) in [6.07, 6.45) is 0.570. The fraction of sp³-hybridized carbons (Fsp3) is 0.133. The van der Waals surface area contributed by atoms with E-state index in [1.54, 1.807) is 56.7 Å². The molecule has 0 radical (unpaired) electrons. The second kappa shape index (κ2) is 12.8. The number of para-hydroxylation sites is 1. The minimum Gasteiger partial charge on any atom is -0.493 e. The van der Waals surface area contributed by atoms with Gasteiger partial charge in [-0.15, -0.1) is 0 Å². The summed E-state index contributed by atoms with van der Waals surface area (Å²) in [5.41, 5.74) is 2.25. The highest BCUT2D eigenvalue weighted by molar-refractivity contribution is 7.92. The SMILES string of the molecule is COc1ccc(CCNC(=O)c2ccccc2NC(=O)c2ccc(NS(=O)(=O)c3ccccc3)cc2)cc1OC. The van der Waals surface area contributed by atoms with Crippen molar-refractivity contribution in [3.05, 3.63) is 114 Å². The van der Waals surface area contributed by atoms with E-state index < -0.39 is 15.9 Å². The summed E-state index contributed by atoms with van der Waals surface area (Å²) in [4.78, 5) is 26.0. The fourth-order valence-corrected chi connectivity index (χ4v) is 5.02. The number of carbonyl (C=O) groups excluding carboxylic acids is 2. The van der Waals surface area contributed by atoms with Crippen LogP contribution in [0.4, 0.5) is 11.4 Å². The quantitative estimate of drug-likeness (QED) is 0.244. The van der Waals surface area contributed by atoms with Crippen molar-refractivity contribution in [3.63, 3.8) is 0 Å². The molecule has 0 bridgehead atoms. The molecule has 9 nitrogen and oxygen atoms in total. The molecule has 0 aliphatic rings. The van der Waals surface area contributed by atoms with Crippen LogP contribution in [0.1, 0.15) is 26.3 Å². The molecule has 0 aliphatic carbocycles. The number of amides is 2. The van der Waals surface area contributed by atoms with Crippen LogP contribution in [0, 0.1) is 0 Å². The number of hydrogen-bond donors (Lipinski definition) is 3. The second-order valence-electron chi connectivity index (χ2n) is 8.69. The summed E-state index contributed by atoms with van der Waals surface area (Å²) < 4.78 is 38.1. The maximum atomic E-state index is 12.9. The van der Waals surface area contributed by atoms with Gasteiger partial charge in [-0.25, -0.2) is 8.42 Å². The third kappa shape index (κ3) is 6.97. The van der Waals surface area contributed by atoms with Crippen molar-refractivity contribution in [1.29, 1.82) is 0 Å². The van der Waals surface area contributed by atoms with Gasteiger partial charge in [-0.2, -0.15) is 0 Å². The van der Waals surface area contributed by atoms with E-state index in [0.29, 0.717) is 47.0 Å². The van der Waals surface area contributed by atoms with Crippen molar-refractivity contribution in [2.24, 2.45) is 0 Å². The number of benzene rings is 4. The van der Waals surface area contributed by atoms with E-state index in [9.17, 15) is 18.0 Å². The van der Waals surface area contributed by atoms with E-state index in [1.165, 1.54) is 36.4 Å². The Balaban J connectivity index is 1.37. The summed E-state index contributed by atoms with van der Waals surface area (Å²) in [5.74, 6) is 0.467. The first-order chi connectivity index (χ1) is 19.3. The Hall–Kier alpha value is -4.83. The standard InChI is InChI=1S/C30H29N3O6S/c1-38-27-17-12-21(20-28(27)39-2)18-19-31-30(35)25-10-6-7-11-26(25)32-29(34)22-13-15-23(16-14-22)33-40(36,37)24-8-4-3-5-9-24/h3-17,20,33H,18-19H2,1-2H3,(H,31,35)(H,32,34). The van der Waals surface area contributed by atoms with Crippen molar-refractivity contribution in [1.82, 2.24) is 5.32 Å². The minimum absolute atomic E-state index is 0.135. The van der Waals surface area contributed by atoms with Gasteiger partial charge in [0.1, 0.15) is 0 Å². The molecule has 206 valence electrons. The molecular weight excluding hydrogens is 530 g/mol. The molecule has 2 amide bonds. The van der Waals surface area contributed by atoms with Crippen LogP contribution in [0.3, 0.4) is 0 Å². The molecule has 0 heterocycles. The largest absolute Gasteiger partial charge is 0.493 e. The number of sulfonamides is 1. The van der Waals surface area contributed by atoms with Crippen molar-refractivity contribution >= 4 is 33.2 Å². The first-order valence-corrected chi connectivity index (χ1v) is 13.9. The Morgan fingerprint density at radius 1 is 0.750 bits per heavy atom. The highest BCUT2D eigenvalue weighted by atomic mass is 32.2. The van der Waals surface area contributed by atoms with Crippen molar-refractivity contribution in [3.8, 4) is 11.5 Å². The molecular formula is C30H29N3O6S. The van der Waals surface area contributed by atoms with Crippen LogP contribution in [-0.2, 0) is 16.4 Å². The number of carbonyl (C=O) groups is 2. The lowest BCUT2D eigenvalue weighted by Gasteiger charge is -2.13. The first kappa shape index (κ1) is 28.2. The molecule has 3 N–H and O–H groups in total. The number of rotatable bonds is 11. The van der Waals surface area contributed by atoms with E-state index in [4.69, 9.17) is 9.47 Å². The monoisotopic (exact) mass is 559 g/mol. The number of methoxy groups -OCH3 is 2. The number of ether oxygens (including phenoxy) is 2. The van der Waals surface area contributed by atoms with Crippen molar-refractivity contribution in [2.45, 2.75) is 11.3 Å². The van der Waals surface area contributed by atoms with Crippen molar-refractivity contribution in [2.75, 3.05) is 30.8 Å². The highest BCUT2D eigenvalue weighted by Gasteiger charge is 2.16. The Labute approximate surface area is 233 Å². The summed E-state index contributed by atoms with van der Waals surface area (Å²) >= 11 is 0. The smallest absolute Gasteiger partial charge is 0.261 e. The van der Waals surface area contributed by atoms with Crippen LogP contribution < -0.4 is 24.8 Å². The predicted octanol–water partition coefficient (Wildman–Crippen LogP) is 4.73. The Morgan fingerprint density at radius 2 is 1.43 bits per heavy atom. The van der Waals surface area contributed by atoms with E-state index in [2.05, 4.69) is 15.4 Å². The lowest BCUT2D eigenvalue weighted by molar-refractivity contribution is 0.0955. The van der Waals surface area contributed by atoms with Crippen LogP contribution in [-0.4, -0.2) is 41.0 Å². The van der Waals surface area contributed by atoms with E-state index >= 15 is 0 Å². The average molecular weight is 560 g/mol. The average Bonchev–Trinajstić information content (AvgIpc) is 2.98. The van der Waals surface area contributed by atoms with Gasteiger partial charge in [0.05, 0.1) is 30.4 Å². The molecule has 0 saturated carbocycles. The molecule has 0 aliphatic heterocycles. The fourth-order valence-electron chi connectivity index (χ4n) is 3.94. The highest BCUT2D eigenvalue weighted by Crippen LogP contribution is 2.27. The van der Waals surface area contributed by atoms with Gasteiger partial charge < -0.3 is 20.1 Å². The summed E-state index contributed by atoms with van der Waals surface area (Å²) in [6.45, 7) is 0.372. The van der Waals surface area contributed by atoms with Gasteiger partial charge >= 0.3 is 0 Å². The zero-order valence-corrected chi connectivity index (χ0v) is 22.8. The number of hydrogen-bond acceptors (Lipinski definition) is 6. The lowest BCUT2D eigenvalue weighted by atomic mass is 10.1. The van der Waals surface area contributed by atoms with Gasteiger partial charge in [-0.05, 0) is 72.6 Å². The molecule has 4 rings (SSSR count). The van der Waals surface area contributed by atoms with E-state index in [0.717, 1.165) is 5.56 Å². The molecule has 0 atom stereocenters. The number of nitrogens with one attached hydrogen (secondary N) is 3. The molecule has 0 fully saturated rings. The normalized spacial score (nSPS) is 10.8. The van der Waals surface area contributed by atoms with Gasteiger partial charge in [0.15, 0.2) is 11.5 Å². The molecule has 4 aromatic carbocycles. The Morgan fingerprint density at radius 3 is 2.12 bits per heavy atom. The topological polar surface area (TPSA) is 123 Å². The predicted molar refractivity (Wildman–Crippen MR) is 154 cm³/mol. The summed E-state index contributed by atoms with van der Waals surface area (Å²) in [6, 6.07) is 26.3. The lowest BCUT2D eigenvalue weighted by Crippen LogP contribution is -2.27. The molecule has 0 spiro atoms.